The number of thioether (sulfide) groups is 1. The predicted molar refractivity (Wildman–Crippen MR) is 94.2 cm³/mol. The number of thiocarbonyl (C=S) groups is 1. The summed E-state index contributed by atoms with van der Waals surface area (Å²) in [4.78, 5) is 9.47. The SMILES string of the molecule is S=C1SCCN1CN1CCC(c2nc3ccccc3o2)CC1. The van der Waals surface area contributed by atoms with E-state index in [9.17, 15) is 0 Å². The van der Waals surface area contributed by atoms with Gasteiger partial charge in [-0.1, -0.05) is 36.1 Å². The number of aromatic nitrogens is 1. The second-order valence-electron chi connectivity index (χ2n) is 5.93. The lowest BCUT2D eigenvalue weighted by molar-refractivity contribution is 0.150. The quantitative estimate of drug-likeness (QED) is 0.802. The number of piperidine rings is 1. The molecule has 0 amide bonds. The summed E-state index contributed by atoms with van der Waals surface area (Å²) >= 11 is 7.18. The van der Waals surface area contributed by atoms with Gasteiger partial charge in [-0.25, -0.2) is 4.98 Å². The number of likely N-dealkylation sites (tertiary alicyclic amines) is 1. The third-order valence-electron chi connectivity index (χ3n) is 4.46. The van der Waals surface area contributed by atoms with Crippen molar-refractivity contribution in [1.29, 1.82) is 0 Å². The van der Waals surface area contributed by atoms with Crippen LogP contribution in [0.1, 0.15) is 24.7 Å². The molecular formula is C16H19N3OS2. The van der Waals surface area contributed by atoms with Gasteiger partial charge in [-0.15, -0.1) is 0 Å². The molecule has 4 nitrogen and oxygen atoms in total. The second kappa shape index (κ2) is 6.18. The van der Waals surface area contributed by atoms with Crippen LogP contribution in [-0.2, 0) is 0 Å². The van der Waals surface area contributed by atoms with Crippen LogP contribution < -0.4 is 0 Å². The van der Waals surface area contributed by atoms with Gasteiger partial charge < -0.3 is 9.32 Å². The number of rotatable bonds is 3. The lowest BCUT2D eigenvalue weighted by Gasteiger charge is -2.33. The number of oxazole rings is 1. The normalized spacial score (nSPS) is 21.1. The smallest absolute Gasteiger partial charge is 0.198 e. The Kier molecular flexibility index (Phi) is 4.07. The summed E-state index contributed by atoms with van der Waals surface area (Å²) in [5, 5.41) is 0. The maximum absolute atomic E-state index is 5.93. The first-order valence-corrected chi connectivity index (χ1v) is 9.18. The molecular weight excluding hydrogens is 314 g/mol. The first-order valence-electron chi connectivity index (χ1n) is 7.79. The van der Waals surface area contributed by atoms with Gasteiger partial charge in [-0.3, -0.25) is 4.90 Å². The fourth-order valence-corrected chi connectivity index (χ4v) is 4.40. The number of benzene rings is 1. The highest BCUT2D eigenvalue weighted by atomic mass is 32.2. The van der Waals surface area contributed by atoms with Gasteiger partial charge in [0.25, 0.3) is 0 Å². The molecule has 22 heavy (non-hydrogen) atoms. The Labute approximate surface area is 139 Å². The molecule has 2 saturated heterocycles. The van der Waals surface area contributed by atoms with E-state index in [1.54, 1.807) is 11.8 Å². The zero-order chi connectivity index (χ0) is 14.9. The van der Waals surface area contributed by atoms with E-state index in [4.69, 9.17) is 16.6 Å². The fraction of sp³-hybridized carbons (Fsp3) is 0.500. The Morgan fingerprint density at radius 1 is 1.23 bits per heavy atom. The van der Waals surface area contributed by atoms with Crippen LogP contribution in [0.3, 0.4) is 0 Å². The molecule has 1 aromatic heterocycles. The van der Waals surface area contributed by atoms with E-state index in [0.29, 0.717) is 5.92 Å². The average Bonchev–Trinajstić information content (AvgIpc) is 3.15. The highest BCUT2D eigenvalue weighted by Crippen LogP contribution is 2.30. The van der Waals surface area contributed by atoms with Gasteiger partial charge in [0.1, 0.15) is 9.84 Å². The number of para-hydroxylation sites is 2. The number of fused-ring (bicyclic) bond motifs is 1. The Morgan fingerprint density at radius 2 is 2.05 bits per heavy atom. The van der Waals surface area contributed by atoms with Crippen molar-refractivity contribution < 1.29 is 4.42 Å². The van der Waals surface area contributed by atoms with E-state index in [1.807, 2.05) is 24.3 Å². The molecule has 0 N–H and O–H groups in total. The van der Waals surface area contributed by atoms with E-state index < -0.39 is 0 Å². The topological polar surface area (TPSA) is 32.5 Å². The molecule has 2 aliphatic rings. The molecule has 2 aliphatic heterocycles. The molecule has 0 saturated carbocycles. The summed E-state index contributed by atoms with van der Waals surface area (Å²) in [7, 11) is 0. The summed E-state index contributed by atoms with van der Waals surface area (Å²) in [5.41, 5.74) is 1.87. The number of nitrogens with zero attached hydrogens (tertiary/aromatic N) is 3. The minimum absolute atomic E-state index is 0.448. The van der Waals surface area contributed by atoms with Crippen LogP contribution >= 0.6 is 24.0 Å². The average molecular weight is 333 g/mol. The van der Waals surface area contributed by atoms with Gasteiger partial charge in [-0.2, -0.15) is 0 Å². The third-order valence-corrected chi connectivity index (χ3v) is 5.97. The maximum Gasteiger partial charge on any atom is 0.198 e. The van der Waals surface area contributed by atoms with Gasteiger partial charge >= 0.3 is 0 Å². The highest BCUT2D eigenvalue weighted by Gasteiger charge is 2.27. The van der Waals surface area contributed by atoms with Crippen molar-refractivity contribution in [1.82, 2.24) is 14.8 Å². The molecule has 1 aromatic carbocycles. The molecule has 4 rings (SSSR count). The Bertz CT molecular complexity index is 646. The monoisotopic (exact) mass is 333 g/mol. The van der Waals surface area contributed by atoms with Crippen molar-refractivity contribution in [3.63, 3.8) is 0 Å². The minimum atomic E-state index is 0.448. The lowest BCUT2D eigenvalue weighted by Crippen LogP contribution is -2.42. The summed E-state index contributed by atoms with van der Waals surface area (Å²) in [6.07, 6.45) is 2.22. The fourth-order valence-electron chi connectivity index (χ4n) is 3.18. The van der Waals surface area contributed by atoms with Crippen LogP contribution in [0.4, 0.5) is 0 Å². The molecule has 0 atom stereocenters. The zero-order valence-corrected chi connectivity index (χ0v) is 14.0. The maximum atomic E-state index is 5.93. The molecule has 6 heteroatoms. The summed E-state index contributed by atoms with van der Waals surface area (Å²) in [5.74, 6) is 2.50. The van der Waals surface area contributed by atoms with Crippen molar-refractivity contribution in [2.45, 2.75) is 18.8 Å². The molecule has 0 bridgehead atoms. The molecule has 0 aliphatic carbocycles. The zero-order valence-electron chi connectivity index (χ0n) is 12.4. The third kappa shape index (κ3) is 2.87. The van der Waals surface area contributed by atoms with E-state index in [2.05, 4.69) is 14.8 Å². The minimum Gasteiger partial charge on any atom is -0.440 e. The van der Waals surface area contributed by atoms with Crippen LogP contribution in [-0.4, -0.2) is 51.2 Å². The second-order valence-corrected chi connectivity index (χ2v) is 7.66. The Hall–Kier alpha value is -1.11. The molecule has 116 valence electrons. The predicted octanol–water partition coefficient (Wildman–Crippen LogP) is 3.30. The molecule has 0 radical (unpaired) electrons. The van der Waals surface area contributed by atoms with Crippen LogP contribution in [0.15, 0.2) is 28.7 Å². The molecule has 0 unspecified atom stereocenters. The molecule has 2 fully saturated rings. The van der Waals surface area contributed by atoms with Gasteiger partial charge in [0.15, 0.2) is 11.5 Å². The van der Waals surface area contributed by atoms with Crippen molar-refractivity contribution in [3.05, 3.63) is 30.2 Å². The summed E-state index contributed by atoms with van der Waals surface area (Å²) in [6.45, 7) is 4.25. The summed E-state index contributed by atoms with van der Waals surface area (Å²) in [6, 6.07) is 8.02. The van der Waals surface area contributed by atoms with Crippen LogP contribution in [0, 0.1) is 0 Å². The highest BCUT2D eigenvalue weighted by molar-refractivity contribution is 8.23. The van der Waals surface area contributed by atoms with E-state index in [-0.39, 0.29) is 0 Å². The van der Waals surface area contributed by atoms with Crippen molar-refractivity contribution in [2.75, 3.05) is 32.1 Å². The lowest BCUT2D eigenvalue weighted by atomic mass is 9.97. The van der Waals surface area contributed by atoms with E-state index >= 15 is 0 Å². The van der Waals surface area contributed by atoms with Gasteiger partial charge in [0.05, 0.1) is 6.67 Å². The van der Waals surface area contributed by atoms with Gasteiger partial charge in [0, 0.05) is 31.3 Å². The first kappa shape index (κ1) is 14.5. The summed E-state index contributed by atoms with van der Waals surface area (Å²) < 4.78 is 6.99. The van der Waals surface area contributed by atoms with Gasteiger partial charge in [0.2, 0.25) is 0 Å². The van der Waals surface area contributed by atoms with Crippen LogP contribution in [0.5, 0.6) is 0 Å². The van der Waals surface area contributed by atoms with Crippen molar-refractivity contribution in [3.8, 4) is 0 Å². The van der Waals surface area contributed by atoms with Crippen LogP contribution in [0.25, 0.3) is 11.1 Å². The van der Waals surface area contributed by atoms with Crippen molar-refractivity contribution in [2.24, 2.45) is 0 Å². The Balaban J connectivity index is 1.38. The largest absolute Gasteiger partial charge is 0.440 e. The molecule has 3 heterocycles. The standard InChI is InChI=1S/C16H19N3OS2/c21-16-19(9-10-22-16)11-18-7-5-12(6-8-18)15-17-13-3-1-2-4-14(13)20-15/h1-4,12H,5-11H2. The Morgan fingerprint density at radius 3 is 2.77 bits per heavy atom. The van der Waals surface area contributed by atoms with Gasteiger partial charge in [-0.05, 0) is 25.0 Å². The van der Waals surface area contributed by atoms with E-state index in [1.165, 1.54) is 0 Å². The number of hydrogen-bond acceptors (Lipinski definition) is 5. The van der Waals surface area contributed by atoms with E-state index in [0.717, 1.165) is 66.2 Å². The van der Waals surface area contributed by atoms with Crippen LogP contribution in [0.2, 0.25) is 0 Å². The first-order chi connectivity index (χ1) is 10.8. The number of hydrogen-bond donors (Lipinski definition) is 0. The molecule has 2 aromatic rings. The van der Waals surface area contributed by atoms with Crippen molar-refractivity contribution >= 4 is 39.4 Å². The molecule has 0 spiro atoms.